The average Bonchev–Trinajstić information content (AvgIpc) is 2.68. The molecule has 29 heavy (non-hydrogen) atoms. The summed E-state index contributed by atoms with van der Waals surface area (Å²) in [6, 6.07) is 10.5. The number of carbonyl (C=O) groups is 2. The van der Waals surface area contributed by atoms with Crippen molar-refractivity contribution < 1.29 is 19.1 Å². The molecule has 0 aromatic heterocycles. The van der Waals surface area contributed by atoms with Gasteiger partial charge in [-0.25, -0.2) is 4.79 Å². The van der Waals surface area contributed by atoms with Crippen LogP contribution in [-0.2, 0) is 20.7 Å². The van der Waals surface area contributed by atoms with E-state index in [2.05, 4.69) is 24.3 Å². The van der Waals surface area contributed by atoms with Crippen LogP contribution < -0.4 is 0 Å². The van der Waals surface area contributed by atoms with Gasteiger partial charge in [0, 0.05) is 13.1 Å². The van der Waals surface area contributed by atoms with E-state index >= 15 is 0 Å². The summed E-state index contributed by atoms with van der Waals surface area (Å²) in [7, 11) is 0. The zero-order valence-electron chi connectivity index (χ0n) is 18.5. The van der Waals surface area contributed by atoms with E-state index in [4.69, 9.17) is 9.47 Å². The molecule has 1 aromatic carbocycles. The van der Waals surface area contributed by atoms with Crippen LogP contribution in [0.2, 0.25) is 0 Å². The zero-order chi connectivity index (χ0) is 21.3. The van der Waals surface area contributed by atoms with Crippen LogP contribution in [0.3, 0.4) is 0 Å². The minimum absolute atomic E-state index is 0.105. The fourth-order valence-corrected chi connectivity index (χ4v) is 3.90. The van der Waals surface area contributed by atoms with E-state index in [9.17, 15) is 9.59 Å². The van der Waals surface area contributed by atoms with Crippen LogP contribution in [0.5, 0.6) is 0 Å². The van der Waals surface area contributed by atoms with Crippen LogP contribution in [0.25, 0.3) is 0 Å². The number of benzene rings is 1. The van der Waals surface area contributed by atoms with Gasteiger partial charge in [-0.1, -0.05) is 43.2 Å². The number of ether oxygens (including phenoxy) is 2. The van der Waals surface area contributed by atoms with Crippen molar-refractivity contribution in [1.29, 1.82) is 0 Å². The second-order valence-electron chi connectivity index (χ2n) is 9.01. The van der Waals surface area contributed by atoms with Gasteiger partial charge in [-0.15, -0.1) is 0 Å². The van der Waals surface area contributed by atoms with Crippen LogP contribution in [0, 0.1) is 5.41 Å². The fraction of sp³-hybridized carbons (Fsp3) is 0.667. The van der Waals surface area contributed by atoms with E-state index in [0.717, 1.165) is 32.1 Å². The molecule has 5 nitrogen and oxygen atoms in total. The van der Waals surface area contributed by atoms with Crippen molar-refractivity contribution in [2.45, 2.75) is 78.2 Å². The number of unbranched alkanes of at least 4 members (excludes halogenated alkanes) is 2. The largest absolute Gasteiger partial charge is 0.466 e. The molecule has 1 aromatic rings. The second-order valence-corrected chi connectivity index (χ2v) is 9.01. The summed E-state index contributed by atoms with van der Waals surface area (Å²) in [5.74, 6) is -0.105. The third-order valence-electron chi connectivity index (χ3n) is 5.54. The highest BCUT2D eigenvalue weighted by molar-refractivity contribution is 5.77. The van der Waals surface area contributed by atoms with Gasteiger partial charge in [0.2, 0.25) is 0 Å². The van der Waals surface area contributed by atoms with Crippen molar-refractivity contribution >= 4 is 12.1 Å². The lowest BCUT2D eigenvalue weighted by molar-refractivity contribution is -0.159. The van der Waals surface area contributed by atoms with Gasteiger partial charge in [0.05, 0.1) is 12.0 Å². The van der Waals surface area contributed by atoms with Crippen molar-refractivity contribution in [3.8, 4) is 0 Å². The fourth-order valence-electron chi connectivity index (χ4n) is 3.90. The molecule has 1 saturated heterocycles. The Bertz CT molecular complexity index is 643. The third kappa shape index (κ3) is 7.37. The van der Waals surface area contributed by atoms with Gasteiger partial charge in [0.1, 0.15) is 5.60 Å². The summed E-state index contributed by atoms with van der Waals surface area (Å²) in [6.45, 7) is 8.93. The smallest absolute Gasteiger partial charge is 0.410 e. The van der Waals surface area contributed by atoms with Gasteiger partial charge in [0.25, 0.3) is 0 Å². The molecular formula is C24H37NO4. The van der Waals surface area contributed by atoms with Crippen molar-refractivity contribution in [3.63, 3.8) is 0 Å². The minimum atomic E-state index is -0.508. The zero-order valence-corrected chi connectivity index (χ0v) is 18.5. The Morgan fingerprint density at radius 2 is 1.69 bits per heavy atom. The molecule has 0 atom stereocenters. The highest BCUT2D eigenvalue weighted by atomic mass is 16.6. The number of hydrogen-bond donors (Lipinski definition) is 0. The predicted molar refractivity (Wildman–Crippen MR) is 115 cm³/mol. The van der Waals surface area contributed by atoms with Crippen molar-refractivity contribution in [2.24, 2.45) is 5.41 Å². The van der Waals surface area contributed by atoms with E-state index in [1.807, 2.05) is 33.8 Å². The molecule has 2 rings (SSSR count). The lowest BCUT2D eigenvalue weighted by atomic mass is 9.74. The standard InChI is InChI=1S/C24H37NO4/c1-5-28-21(26)24(15-11-7-10-14-20-12-8-6-9-13-20)16-18-25(19-17-24)22(27)29-23(2,3)4/h6,8-9,12-13H,5,7,10-11,14-19H2,1-4H3. The Kier molecular flexibility index (Phi) is 8.54. The molecule has 1 heterocycles. The number of esters is 1. The SMILES string of the molecule is CCOC(=O)C1(CCCCCc2ccccc2)CCN(C(=O)OC(C)(C)C)CC1. The molecule has 1 aliphatic heterocycles. The number of aryl methyl sites for hydroxylation is 1. The second kappa shape index (κ2) is 10.7. The first-order valence-electron chi connectivity index (χ1n) is 10.9. The Hall–Kier alpha value is -2.04. The number of likely N-dealkylation sites (tertiary alicyclic amines) is 1. The van der Waals surface area contributed by atoms with E-state index in [1.54, 1.807) is 4.90 Å². The van der Waals surface area contributed by atoms with Crippen LogP contribution >= 0.6 is 0 Å². The molecule has 0 saturated carbocycles. The Morgan fingerprint density at radius 3 is 2.28 bits per heavy atom. The summed E-state index contributed by atoms with van der Waals surface area (Å²) in [5, 5.41) is 0. The molecule has 0 aliphatic carbocycles. The topological polar surface area (TPSA) is 55.8 Å². The van der Waals surface area contributed by atoms with Gasteiger partial charge >= 0.3 is 12.1 Å². The van der Waals surface area contributed by atoms with Crippen LogP contribution in [0.15, 0.2) is 30.3 Å². The molecule has 1 aliphatic rings. The Balaban J connectivity index is 1.86. The third-order valence-corrected chi connectivity index (χ3v) is 5.54. The first-order chi connectivity index (χ1) is 13.8. The number of nitrogens with zero attached hydrogens (tertiary/aromatic N) is 1. The summed E-state index contributed by atoms with van der Waals surface area (Å²) >= 11 is 0. The van der Waals surface area contributed by atoms with Crippen molar-refractivity contribution in [3.05, 3.63) is 35.9 Å². The maximum absolute atomic E-state index is 12.8. The lowest BCUT2D eigenvalue weighted by Crippen LogP contribution is -2.48. The molecule has 1 amide bonds. The number of piperidine rings is 1. The van der Waals surface area contributed by atoms with E-state index in [1.165, 1.54) is 5.56 Å². The van der Waals surface area contributed by atoms with E-state index < -0.39 is 11.0 Å². The molecule has 0 unspecified atom stereocenters. The van der Waals surface area contributed by atoms with E-state index in [0.29, 0.717) is 32.5 Å². The quantitative estimate of drug-likeness (QED) is 0.432. The van der Waals surface area contributed by atoms with Gasteiger partial charge in [-0.05, 0) is 65.4 Å². The van der Waals surface area contributed by atoms with Gasteiger partial charge in [0.15, 0.2) is 0 Å². The monoisotopic (exact) mass is 403 g/mol. The maximum atomic E-state index is 12.8. The summed E-state index contributed by atoms with van der Waals surface area (Å²) in [6.07, 6.45) is 6.09. The first-order valence-corrected chi connectivity index (χ1v) is 10.9. The average molecular weight is 404 g/mol. The van der Waals surface area contributed by atoms with Crippen molar-refractivity contribution in [1.82, 2.24) is 4.90 Å². The Morgan fingerprint density at radius 1 is 1.03 bits per heavy atom. The van der Waals surface area contributed by atoms with Crippen LogP contribution in [-0.4, -0.2) is 42.3 Å². The molecule has 0 bridgehead atoms. The summed E-state index contributed by atoms with van der Waals surface area (Å²) < 4.78 is 10.9. The first kappa shape index (κ1) is 23.2. The highest BCUT2D eigenvalue weighted by Crippen LogP contribution is 2.38. The minimum Gasteiger partial charge on any atom is -0.466 e. The molecule has 5 heteroatoms. The molecule has 0 N–H and O–H groups in total. The lowest BCUT2D eigenvalue weighted by Gasteiger charge is -2.40. The predicted octanol–water partition coefficient (Wildman–Crippen LogP) is 5.37. The van der Waals surface area contributed by atoms with Crippen molar-refractivity contribution in [2.75, 3.05) is 19.7 Å². The van der Waals surface area contributed by atoms with Gasteiger partial charge in [-0.2, -0.15) is 0 Å². The molecule has 162 valence electrons. The van der Waals surface area contributed by atoms with Gasteiger partial charge in [-0.3, -0.25) is 4.79 Å². The number of rotatable bonds is 8. The van der Waals surface area contributed by atoms with Crippen LogP contribution in [0.1, 0.15) is 71.8 Å². The number of carbonyl (C=O) groups excluding carboxylic acids is 2. The Labute approximate surface area is 175 Å². The molecule has 0 spiro atoms. The maximum Gasteiger partial charge on any atom is 0.410 e. The molecule has 0 radical (unpaired) electrons. The van der Waals surface area contributed by atoms with E-state index in [-0.39, 0.29) is 12.1 Å². The molecular weight excluding hydrogens is 366 g/mol. The van der Waals surface area contributed by atoms with Crippen LogP contribution in [0.4, 0.5) is 4.79 Å². The highest BCUT2D eigenvalue weighted by Gasteiger charge is 2.43. The number of amides is 1. The van der Waals surface area contributed by atoms with Gasteiger partial charge < -0.3 is 14.4 Å². The molecule has 1 fully saturated rings. The summed E-state index contributed by atoms with van der Waals surface area (Å²) in [5.41, 5.74) is 0.380. The number of hydrogen-bond acceptors (Lipinski definition) is 4. The summed E-state index contributed by atoms with van der Waals surface area (Å²) in [4.78, 5) is 26.8. The normalized spacial score (nSPS) is 16.3.